The average Bonchev–Trinajstić information content (AvgIpc) is 3.82. The van der Waals surface area contributed by atoms with Crippen LogP contribution in [0.15, 0.2) is 30.3 Å². The first kappa shape index (κ1) is 42.7. The standard InChI is InChI=1S/C39H58N8O8/c1-21(2)18-25-33(49)44-31(22(3)4)37(53)43-27(19-24-12-8-7-9-13-24)38(54)46-16-10-14-28(46)35(51)42-26(20-30(40)48)34(50)45-32(23(5)6)39(55)47-17-11-15-29(47)36(52)41-25/h7-9,12-13,21-23,25-29,31-32H,10-11,14-20H2,1-6H3,(H2,40,48)(H,41,52)(H,42,51)(H,43,53)(H,44,49)(H,45,50). The highest BCUT2D eigenvalue weighted by Gasteiger charge is 2.43. The van der Waals surface area contributed by atoms with Gasteiger partial charge in [0.25, 0.3) is 0 Å². The lowest BCUT2D eigenvalue weighted by molar-refractivity contribution is -0.144. The molecule has 7 N–H and O–H groups in total. The molecule has 7 atom stereocenters. The van der Waals surface area contributed by atoms with Crippen molar-refractivity contribution in [1.82, 2.24) is 36.4 Å². The number of hydrogen-bond acceptors (Lipinski definition) is 8. The van der Waals surface area contributed by atoms with Crippen molar-refractivity contribution in [3.8, 4) is 0 Å². The third-order valence-electron chi connectivity index (χ3n) is 10.4. The third-order valence-corrected chi connectivity index (χ3v) is 10.4. The van der Waals surface area contributed by atoms with Gasteiger partial charge in [0.15, 0.2) is 0 Å². The van der Waals surface area contributed by atoms with E-state index in [9.17, 15) is 38.4 Å². The molecule has 16 nitrogen and oxygen atoms in total. The number of carbonyl (C=O) groups is 8. The number of nitrogens with zero attached hydrogens (tertiary/aromatic N) is 2. The smallest absolute Gasteiger partial charge is 0.246 e. The second-order valence-corrected chi connectivity index (χ2v) is 16.0. The van der Waals surface area contributed by atoms with Crippen LogP contribution in [0.3, 0.4) is 0 Å². The fourth-order valence-corrected chi connectivity index (χ4v) is 7.50. The molecule has 3 heterocycles. The van der Waals surface area contributed by atoms with Crippen molar-refractivity contribution in [3.05, 3.63) is 35.9 Å². The molecule has 1 aromatic carbocycles. The van der Waals surface area contributed by atoms with Gasteiger partial charge in [0.2, 0.25) is 47.3 Å². The van der Waals surface area contributed by atoms with Crippen LogP contribution in [0.5, 0.6) is 0 Å². The van der Waals surface area contributed by atoms with Crippen LogP contribution in [-0.4, -0.2) is 112 Å². The van der Waals surface area contributed by atoms with Crippen molar-refractivity contribution in [2.45, 2.75) is 129 Å². The Bertz CT molecular complexity index is 1600. The van der Waals surface area contributed by atoms with E-state index < -0.39 is 108 Å². The second-order valence-electron chi connectivity index (χ2n) is 16.0. The third kappa shape index (κ3) is 11.0. The van der Waals surface area contributed by atoms with Crippen LogP contribution in [0.2, 0.25) is 0 Å². The quantitative estimate of drug-likeness (QED) is 0.209. The fourth-order valence-electron chi connectivity index (χ4n) is 7.50. The van der Waals surface area contributed by atoms with Crippen molar-refractivity contribution < 1.29 is 38.4 Å². The maximum atomic E-state index is 14.4. The Morgan fingerprint density at radius 1 is 0.636 bits per heavy atom. The van der Waals surface area contributed by atoms with Crippen molar-refractivity contribution in [2.24, 2.45) is 23.5 Å². The van der Waals surface area contributed by atoms with Gasteiger partial charge in [0.1, 0.15) is 42.3 Å². The maximum Gasteiger partial charge on any atom is 0.246 e. The minimum Gasteiger partial charge on any atom is -0.370 e. The molecule has 7 unspecified atom stereocenters. The van der Waals surface area contributed by atoms with E-state index in [-0.39, 0.29) is 38.3 Å². The lowest BCUT2D eigenvalue weighted by Crippen LogP contribution is -2.60. The predicted molar refractivity (Wildman–Crippen MR) is 202 cm³/mol. The Morgan fingerprint density at radius 3 is 1.65 bits per heavy atom. The van der Waals surface area contributed by atoms with Crippen LogP contribution in [0, 0.1) is 17.8 Å². The molecule has 0 aromatic heterocycles. The molecular formula is C39H58N8O8. The summed E-state index contributed by atoms with van der Waals surface area (Å²) in [5, 5.41) is 13.8. The van der Waals surface area contributed by atoms with Crippen LogP contribution in [0.25, 0.3) is 0 Å². The van der Waals surface area contributed by atoms with Crippen molar-refractivity contribution in [2.75, 3.05) is 13.1 Å². The van der Waals surface area contributed by atoms with E-state index in [1.807, 2.05) is 32.0 Å². The minimum atomic E-state index is -1.47. The van der Waals surface area contributed by atoms with Gasteiger partial charge in [-0.15, -0.1) is 0 Å². The molecule has 1 aromatic rings. The summed E-state index contributed by atoms with van der Waals surface area (Å²) in [6, 6.07) is 1.16. The lowest BCUT2D eigenvalue weighted by atomic mass is 9.98. The normalized spacial score (nSPS) is 27.9. The Kier molecular flexibility index (Phi) is 14.8. The molecule has 0 aliphatic carbocycles. The summed E-state index contributed by atoms with van der Waals surface area (Å²) in [5.41, 5.74) is 6.24. The molecule has 16 heteroatoms. The van der Waals surface area contributed by atoms with E-state index in [0.29, 0.717) is 19.3 Å². The van der Waals surface area contributed by atoms with Crippen molar-refractivity contribution in [3.63, 3.8) is 0 Å². The Labute approximate surface area is 322 Å². The molecule has 0 saturated carbocycles. The molecule has 3 saturated heterocycles. The van der Waals surface area contributed by atoms with Gasteiger partial charge in [-0.3, -0.25) is 38.4 Å². The van der Waals surface area contributed by atoms with E-state index in [1.165, 1.54) is 9.80 Å². The van der Waals surface area contributed by atoms with Crippen molar-refractivity contribution >= 4 is 47.3 Å². The van der Waals surface area contributed by atoms with E-state index >= 15 is 0 Å². The molecule has 55 heavy (non-hydrogen) atoms. The molecular weight excluding hydrogens is 708 g/mol. The van der Waals surface area contributed by atoms with E-state index in [2.05, 4.69) is 26.6 Å². The van der Waals surface area contributed by atoms with Crippen LogP contribution in [0.4, 0.5) is 0 Å². The Balaban J connectivity index is 1.78. The number of carbonyl (C=O) groups excluding carboxylic acids is 8. The SMILES string of the molecule is CC(C)CC1NC(=O)C2CCCN2C(=O)C(C(C)C)NC(=O)C(CC(N)=O)NC(=O)C2CCCN2C(=O)C(Cc2ccccc2)NC(=O)C(C(C)C)NC1=O. The average molecular weight is 767 g/mol. The highest BCUT2D eigenvalue weighted by molar-refractivity contribution is 5.99. The Hall–Kier alpha value is -5.02. The second kappa shape index (κ2) is 19.0. The Morgan fingerprint density at radius 2 is 1.13 bits per heavy atom. The van der Waals surface area contributed by atoms with Crippen molar-refractivity contribution in [1.29, 1.82) is 0 Å². The fraction of sp³-hybridized carbons (Fsp3) is 0.641. The zero-order valence-electron chi connectivity index (χ0n) is 32.8. The van der Waals surface area contributed by atoms with Gasteiger partial charge in [0, 0.05) is 19.5 Å². The number of primary amides is 1. The van der Waals surface area contributed by atoms with Gasteiger partial charge in [-0.25, -0.2) is 0 Å². The summed E-state index contributed by atoms with van der Waals surface area (Å²) in [6.45, 7) is 11.1. The van der Waals surface area contributed by atoms with Gasteiger partial charge in [-0.05, 0) is 55.4 Å². The zero-order valence-corrected chi connectivity index (χ0v) is 32.8. The number of amides is 8. The molecule has 4 rings (SSSR count). The number of nitrogens with two attached hydrogens (primary N) is 1. The van der Waals surface area contributed by atoms with E-state index in [1.54, 1.807) is 39.8 Å². The van der Waals surface area contributed by atoms with Gasteiger partial charge < -0.3 is 42.1 Å². The predicted octanol–water partition coefficient (Wildman–Crippen LogP) is -0.118. The maximum absolute atomic E-state index is 14.4. The molecule has 3 fully saturated rings. The van der Waals surface area contributed by atoms with Gasteiger partial charge in [-0.1, -0.05) is 71.9 Å². The van der Waals surface area contributed by atoms with Gasteiger partial charge in [0.05, 0.1) is 6.42 Å². The zero-order chi connectivity index (χ0) is 40.6. The number of benzene rings is 1. The molecule has 0 spiro atoms. The summed E-state index contributed by atoms with van der Waals surface area (Å²) in [7, 11) is 0. The monoisotopic (exact) mass is 766 g/mol. The molecule has 0 radical (unpaired) electrons. The summed E-state index contributed by atoms with van der Waals surface area (Å²) < 4.78 is 0. The number of rotatable bonds is 8. The summed E-state index contributed by atoms with van der Waals surface area (Å²) in [4.78, 5) is 113. The molecule has 302 valence electrons. The van der Waals surface area contributed by atoms with E-state index in [4.69, 9.17) is 5.73 Å². The first-order valence-electron chi connectivity index (χ1n) is 19.4. The summed E-state index contributed by atoms with van der Waals surface area (Å²) in [6.07, 6.45) is 1.27. The topological polar surface area (TPSA) is 229 Å². The first-order chi connectivity index (χ1) is 26.0. The molecule has 0 bridgehead atoms. The van der Waals surface area contributed by atoms with Crippen LogP contribution < -0.4 is 32.3 Å². The molecule has 3 aliphatic heterocycles. The highest BCUT2D eigenvalue weighted by atomic mass is 16.2. The first-order valence-corrected chi connectivity index (χ1v) is 19.4. The van der Waals surface area contributed by atoms with Crippen LogP contribution >= 0.6 is 0 Å². The van der Waals surface area contributed by atoms with Gasteiger partial charge in [-0.2, -0.15) is 0 Å². The van der Waals surface area contributed by atoms with E-state index in [0.717, 1.165) is 5.56 Å². The molecule has 8 amide bonds. The van der Waals surface area contributed by atoms with Crippen LogP contribution in [-0.2, 0) is 44.8 Å². The lowest BCUT2D eigenvalue weighted by Gasteiger charge is -2.32. The summed E-state index contributed by atoms with van der Waals surface area (Å²) >= 11 is 0. The summed E-state index contributed by atoms with van der Waals surface area (Å²) in [5.74, 6) is -6.17. The molecule has 3 aliphatic rings. The van der Waals surface area contributed by atoms with Crippen LogP contribution in [0.1, 0.15) is 85.6 Å². The largest absolute Gasteiger partial charge is 0.370 e. The number of hydrogen-bond donors (Lipinski definition) is 6. The number of nitrogens with one attached hydrogen (secondary N) is 5. The van der Waals surface area contributed by atoms with Gasteiger partial charge >= 0.3 is 0 Å². The number of fused-ring (bicyclic) bond motifs is 2. The highest BCUT2D eigenvalue weighted by Crippen LogP contribution is 2.23. The minimum absolute atomic E-state index is 0.0374.